The third-order valence-electron chi connectivity index (χ3n) is 4.38. The highest BCUT2D eigenvalue weighted by molar-refractivity contribution is 7.22. The number of nitrogens with one attached hydrogen (secondary N) is 1. The summed E-state index contributed by atoms with van der Waals surface area (Å²) in [5.41, 5.74) is -0.176. The first-order chi connectivity index (χ1) is 13.5. The summed E-state index contributed by atoms with van der Waals surface area (Å²) in [5.74, 6) is -0.167. The number of hydrogen-bond acceptors (Lipinski definition) is 5. The first kappa shape index (κ1) is 18.2. The zero-order chi connectivity index (χ0) is 19.8. The van der Waals surface area contributed by atoms with E-state index in [4.69, 9.17) is 16.3 Å². The van der Waals surface area contributed by atoms with Gasteiger partial charge in [-0.25, -0.2) is 0 Å². The van der Waals surface area contributed by atoms with E-state index in [1.54, 1.807) is 6.07 Å². The fourth-order valence-corrected chi connectivity index (χ4v) is 4.52. The van der Waals surface area contributed by atoms with Gasteiger partial charge in [0.05, 0.1) is 23.1 Å². The molecule has 28 heavy (non-hydrogen) atoms. The Morgan fingerprint density at radius 2 is 1.96 bits per heavy atom. The molecule has 0 spiro atoms. The summed E-state index contributed by atoms with van der Waals surface area (Å²) in [5, 5.41) is 17.1. The van der Waals surface area contributed by atoms with Crippen LogP contribution in [0, 0.1) is 10.1 Å². The van der Waals surface area contributed by atoms with Gasteiger partial charge in [0.2, 0.25) is 0 Å². The molecule has 0 aliphatic rings. The number of rotatable bonds is 4. The summed E-state index contributed by atoms with van der Waals surface area (Å²) in [6.07, 6.45) is 0. The minimum atomic E-state index is -0.571. The Morgan fingerprint density at radius 1 is 1.18 bits per heavy atom. The van der Waals surface area contributed by atoms with Crippen molar-refractivity contribution in [1.29, 1.82) is 0 Å². The maximum atomic E-state index is 12.8. The topological polar surface area (TPSA) is 81.5 Å². The van der Waals surface area contributed by atoms with Gasteiger partial charge in [-0.3, -0.25) is 14.9 Å². The molecule has 0 saturated carbocycles. The summed E-state index contributed by atoms with van der Waals surface area (Å²) in [6, 6.07) is 15.9. The van der Waals surface area contributed by atoms with Crippen molar-refractivity contribution in [3.63, 3.8) is 0 Å². The van der Waals surface area contributed by atoms with E-state index in [2.05, 4.69) is 5.32 Å². The van der Waals surface area contributed by atoms with E-state index in [1.165, 1.54) is 30.6 Å². The number of anilines is 1. The second-order valence-corrected chi connectivity index (χ2v) is 7.43. The molecule has 1 aromatic heterocycles. The van der Waals surface area contributed by atoms with E-state index >= 15 is 0 Å². The lowest BCUT2D eigenvalue weighted by atomic mass is 10.1. The predicted octanol–water partition coefficient (Wildman–Crippen LogP) is 5.88. The highest BCUT2D eigenvalue weighted by atomic mass is 35.5. The van der Waals surface area contributed by atoms with Gasteiger partial charge in [0.15, 0.2) is 0 Å². The van der Waals surface area contributed by atoms with Crippen molar-refractivity contribution in [2.45, 2.75) is 0 Å². The van der Waals surface area contributed by atoms with Crippen molar-refractivity contribution >= 4 is 61.1 Å². The first-order valence-corrected chi connectivity index (χ1v) is 9.42. The number of nitro benzene ring substituents is 1. The normalized spacial score (nSPS) is 10.9. The van der Waals surface area contributed by atoms with Crippen LogP contribution >= 0.6 is 22.9 Å². The smallest absolute Gasteiger partial charge is 0.296 e. The zero-order valence-corrected chi connectivity index (χ0v) is 16.1. The van der Waals surface area contributed by atoms with Crippen molar-refractivity contribution in [3.05, 3.63) is 74.6 Å². The van der Waals surface area contributed by atoms with Crippen molar-refractivity contribution in [3.8, 4) is 5.75 Å². The van der Waals surface area contributed by atoms with Crippen LogP contribution in [0.5, 0.6) is 5.75 Å². The predicted molar refractivity (Wildman–Crippen MR) is 112 cm³/mol. The number of ether oxygens (including phenoxy) is 1. The van der Waals surface area contributed by atoms with Crippen LogP contribution in [-0.2, 0) is 0 Å². The molecule has 140 valence electrons. The number of carbonyl (C=O) groups is 1. The van der Waals surface area contributed by atoms with Gasteiger partial charge >= 0.3 is 0 Å². The molecular formula is C20H13ClN2O4S. The molecule has 0 aliphatic carbocycles. The molecule has 1 heterocycles. The van der Waals surface area contributed by atoms with Crippen LogP contribution in [-0.4, -0.2) is 17.9 Å². The van der Waals surface area contributed by atoms with E-state index in [0.29, 0.717) is 15.6 Å². The highest BCUT2D eigenvalue weighted by Gasteiger charge is 2.22. The van der Waals surface area contributed by atoms with Gasteiger partial charge in [-0.05, 0) is 29.0 Å². The maximum Gasteiger partial charge on any atom is 0.296 e. The number of hydrogen-bond donors (Lipinski definition) is 1. The average Bonchev–Trinajstić information content (AvgIpc) is 3.05. The van der Waals surface area contributed by atoms with E-state index < -0.39 is 10.8 Å². The molecule has 0 aliphatic heterocycles. The first-order valence-electron chi connectivity index (χ1n) is 8.23. The van der Waals surface area contributed by atoms with Crippen molar-refractivity contribution in [2.24, 2.45) is 0 Å². The lowest BCUT2D eigenvalue weighted by Crippen LogP contribution is -2.12. The zero-order valence-electron chi connectivity index (χ0n) is 14.6. The summed E-state index contributed by atoms with van der Waals surface area (Å²) < 4.78 is 5.89. The fourth-order valence-electron chi connectivity index (χ4n) is 3.05. The van der Waals surface area contributed by atoms with Crippen LogP contribution in [0.25, 0.3) is 20.9 Å². The summed E-state index contributed by atoms with van der Waals surface area (Å²) in [7, 11) is 1.42. The van der Waals surface area contributed by atoms with Crippen molar-refractivity contribution in [2.75, 3.05) is 12.4 Å². The van der Waals surface area contributed by atoms with Gasteiger partial charge in [-0.1, -0.05) is 41.9 Å². The standard InChI is InChI=1S/C20H13ClN2O4S/c1-27-12-7-8-14(15(10-12)23(25)26)22-20(24)19-18(21)17-13-5-3-2-4-11(13)6-9-16(17)28-19/h2-10H,1H3,(H,22,24). The molecule has 0 unspecified atom stereocenters. The molecule has 1 N–H and O–H groups in total. The molecule has 0 bridgehead atoms. The largest absolute Gasteiger partial charge is 0.496 e. The molecule has 6 nitrogen and oxygen atoms in total. The number of carbonyl (C=O) groups excluding carboxylic acids is 1. The van der Waals surface area contributed by atoms with Crippen LogP contribution in [0.2, 0.25) is 5.02 Å². The second kappa shape index (κ2) is 7.10. The van der Waals surface area contributed by atoms with Gasteiger partial charge in [-0.15, -0.1) is 11.3 Å². The minimum Gasteiger partial charge on any atom is -0.496 e. The van der Waals surface area contributed by atoms with E-state index in [1.807, 2.05) is 36.4 Å². The average molecular weight is 413 g/mol. The molecule has 4 aromatic rings. The monoisotopic (exact) mass is 412 g/mol. The number of nitro groups is 1. The number of amides is 1. The molecule has 0 fully saturated rings. The number of nitrogens with zero attached hydrogens (tertiary/aromatic N) is 1. The third-order valence-corrected chi connectivity index (χ3v) is 6.02. The van der Waals surface area contributed by atoms with E-state index in [9.17, 15) is 14.9 Å². The third kappa shape index (κ3) is 3.04. The quantitative estimate of drug-likeness (QED) is 0.335. The molecular weight excluding hydrogens is 400 g/mol. The molecule has 1 amide bonds. The lowest BCUT2D eigenvalue weighted by molar-refractivity contribution is -0.384. The van der Waals surface area contributed by atoms with Crippen LogP contribution in [0.1, 0.15) is 9.67 Å². The van der Waals surface area contributed by atoms with Gasteiger partial charge in [-0.2, -0.15) is 0 Å². The second-order valence-electron chi connectivity index (χ2n) is 6.00. The molecule has 0 atom stereocenters. The Kier molecular flexibility index (Phi) is 4.62. The summed E-state index contributed by atoms with van der Waals surface area (Å²) in [6.45, 7) is 0. The summed E-state index contributed by atoms with van der Waals surface area (Å²) >= 11 is 7.79. The Bertz CT molecular complexity index is 1250. The van der Waals surface area contributed by atoms with E-state index in [0.717, 1.165) is 20.9 Å². The molecule has 4 rings (SSSR count). The van der Waals surface area contributed by atoms with Crippen molar-refractivity contribution in [1.82, 2.24) is 0 Å². The highest BCUT2D eigenvalue weighted by Crippen LogP contribution is 2.40. The summed E-state index contributed by atoms with van der Waals surface area (Å²) in [4.78, 5) is 23.9. The number of halogens is 1. The van der Waals surface area contributed by atoms with Gasteiger partial charge < -0.3 is 10.1 Å². The number of thiophene rings is 1. The Labute approximate surface area is 168 Å². The number of benzene rings is 3. The van der Waals surface area contributed by atoms with E-state index in [-0.39, 0.29) is 11.4 Å². The van der Waals surface area contributed by atoms with Gasteiger partial charge in [0.25, 0.3) is 11.6 Å². The Hall–Kier alpha value is -3.16. The van der Waals surface area contributed by atoms with Gasteiger partial charge in [0, 0.05) is 10.1 Å². The maximum absolute atomic E-state index is 12.8. The van der Waals surface area contributed by atoms with Crippen LogP contribution in [0.15, 0.2) is 54.6 Å². The van der Waals surface area contributed by atoms with Crippen LogP contribution in [0.3, 0.4) is 0 Å². The molecule has 8 heteroatoms. The Morgan fingerprint density at radius 3 is 2.71 bits per heavy atom. The molecule has 0 radical (unpaired) electrons. The lowest BCUT2D eigenvalue weighted by Gasteiger charge is -2.07. The molecule has 3 aromatic carbocycles. The number of methoxy groups -OCH3 is 1. The van der Waals surface area contributed by atoms with Crippen molar-refractivity contribution < 1.29 is 14.5 Å². The molecule has 0 saturated heterocycles. The number of fused-ring (bicyclic) bond motifs is 3. The van der Waals surface area contributed by atoms with Gasteiger partial charge in [0.1, 0.15) is 16.3 Å². The Balaban J connectivity index is 1.77. The minimum absolute atomic E-state index is 0.0779. The SMILES string of the molecule is COc1ccc(NC(=O)c2sc3ccc4ccccc4c3c2Cl)c([N+](=O)[O-])c1. The van der Waals surface area contributed by atoms with Crippen LogP contribution < -0.4 is 10.1 Å². The fraction of sp³-hybridized carbons (Fsp3) is 0.0500. The van der Waals surface area contributed by atoms with Crippen LogP contribution in [0.4, 0.5) is 11.4 Å².